The molecule has 1 aliphatic rings. The van der Waals surface area contributed by atoms with Gasteiger partial charge in [-0.25, -0.2) is 0 Å². The van der Waals surface area contributed by atoms with E-state index < -0.39 is 15.5 Å². The molecule has 0 bridgehead atoms. The average molecular weight is 364 g/mol. The van der Waals surface area contributed by atoms with Crippen LogP contribution in [0, 0.1) is 0 Å². The summed E-state index contributed by atoms with van der Waals surface area (Å²) in [7, 11) is 0. The van der Waals surface area contributed by atoms with Gasteiger partial charge in [-0.2, -0.15) is 0 Å². The van der Waals surface area contributed by atoms with Crippen LogP contribution < -0.4 is 0 Å². The molecule has 1 aliphatic carbocycles. The standard InChI is InChI=1S/C9H6Cl5F3O/c10-6-1-4(18-9(15,16)17)2-7(11)5(6)3-8(12,13)14/h1,7H,2-3H2. The fourth-order valence-electron chi connectivity index (χ4n) is 1.37. The smallest absolute Gasteiger partial charge is 0.410 e. The highest BCUT2D eigenvalue weighted by Gasteiger charge is 2.36. The lowest BCUT2D eigenvalue weighted by Crippen LogP contribution is -2.20. The molecule has 1 unspecified atom stereocenters. The van der Waals surface area contributed by atoms with Crippen LogP contribution in [-0.4, -0.2) is 15.5 Å². The molecule has 18 heavy (non-hydrogen) atoms. The van der Waals surface area contributed by atoms with Gasteiger partial charge in [-0.3, -0.25) is 0 Å². The molecular weight excluding hydrogens is 358 g/mol. The van der Waals surface area contributed by atoms with Gasteiger partial charge >= 0.3 is 6.36 Å². The van der Waals surface area contributed by atoms with Crippen molar-refractivity contribution in [1.29, 1.82) is 0 Å². The van der Waals surface area contributed by atoms with Crippen LogP contribution in [0.15, 0.2) is 22.4 Å². The average Bonchev–Trinajstić information content (AvgIpc) is 2.07. The van der Waals surface area contributed by atoms with Crippen LogP contribution in [0.3, 0.4) is 0 Å². The third kappa shape index (κ3) is 5.66. The Morgan fingerprint density at radius 3 is 2.22 bits per heavy atom. The van der Waals surface area contributed by atoms with Gasteiger partial charge in [0, 0.05) is 17.9 Å². The number of allylic oxidation sites excluding steroid dienone is 4. The van der Waals surface area contributed by atoms with E-state index in [2.05, 4.69) is 4.74 Å². The summed E-state index contributed by atoms with van der Waals surface area (Å²) in [4.78, 5) is 0. The Balaban J connectivity index is 2.90. The quantitative estimate of drug-likeness (QED) is 0.574. The second kappa shape index (κ2) is 5.88. The van der Waals surface area contributed by atoms with Crippen molar-refractivity contribution in [2.24, 2.45) is 0 Å². The third-order valence-electron chi connectivity index (χ3n) is 1.99. The van der Waals surface area contributed by atoms with E-state index in [9.17, 15) is 13.2 Å². The maximum absolute atomic E-state index is 12.0. The Morgan fingerprint density at radius 2 is 1.83 bits per heavy atom. The highest BCUT2D eigenvalue weighted by Crippen LogP contribution is 2.41. The topological polar surface area (TPSA) is 9.23 Å². The second-order valence-electron chi connectivity index (χ2n) is 3.50. The molecule has 0 saturated heterocycles. The van der Waals surface area contributed by atoms with E-state index in [1.807, 2.05) is 0 Å². The van der Waals surface area contributed by atoms with Crippen molar-refractivity contribution in [3.8, 4) is 0 Å². The summed E-state index contributed by atoms with van der Waals surface area (Å²) < 4.78 is 38.2. The van der Waals surface area contributed by atoms with Gasteiger partial charge in [0.1, 0.15) is 5.76 Å². The van der Waals surface area contributed by atoms with Crippen LogP contribution in [0.25, 0.3) is 0 Å². The molecular formula is C9H6Cl5F3O. The SMILES string of the molecule is FC(F)(F)OC1=CC(Cl)=C(CC(Cl)(Cl)Cl)C(Cl)C1. The number of hydrogen-bond acceptors (Lipinski definition) is 1. The maximum Gasteiger partial charge on any atom is 0.572 e. The number of hydrogen-bond donors (Lipinski definition) is 0. The molecule has 1 rings (SSSR count). The summed E-state index contributed by atoms with van der Waals surface area (Å²) in [5.74, 6) is -0.374. The molecule has 1 nitrogen and oxygen atoms in total. The molecule has 0 saturated carbocycles. The summed E-state index contributed by atoms with van der Waals surface area (Å²) in [5.41, 5.74) is 0.368. The zero-order chi connectivity index (χ0) is 14.1. The van der Waals surface area contributed by atoms with Gasteiger partial charge in [-0.05, 0) is 11.6 Å². The fraction of sp³-hybridized carbons (Fsp3) is 0.556. The monoisotopic (exact) mass is 362 g/mol. The Labute approximate surface area is 126 Å². The van der Waals surface area contributed by atoms with Crippen molar-refractivity contribution >= 4 is 58.0 Å². The first-order valence-electron chi connectivity index (χ1n) is 4.53. The van der Waals surface area contributed by atoms with Gasteiger partial charge < -0.3 is 4.74 Å². The minimum Gasteiger partial charge on any atom is -0.410 e. The highest BCUT2D eigenvalue weighted by atomic mass is 35.6. The minimum atomic E-state index is -4.79. The van der Waals surface area contributed by atoms with Crippen molar-refractivity contribution in [1.82, 2.24) is 0 Å². The molecule has 0 amide bonds. The van der Waals surface area contributed by atoms with Crippen LogP contribution in [0.5, 0.6) is 0 Å². The Bertz CT molecular complexity index is 383. The molecule has 0 N–H and O–H groups in total. The van der Waals surface area contributed by atoms with Crippen molar-refractivity contribution < 1.29 is 17.9 Å². The molecule has 9 heteroatoms. The third-order valence-corrected chi connectivity index (χ3v) is 3.16. The summed E-state index contributed by atoms with van der Waals surface area (Å²) in [6.07, 6.45) is -4.00. The highest BCUT2D eigenvalue weighted by molar-refractivity contribution is 6.67. The first kappa shape index (κ1) is 16.6. The first-order chi connectivity index (χ1) is 7.98. The lowest BCUT2D eigenvalue weighted by Gasteiger charge is -2.25. The lowest BCUT2D eigenvalue weighted by molar-refractivity contribution is -0.306. The molecule has 0 aromatic heterocycles. The fourth-order valence-corrected chi connectivity index (χ4v) is 2.53. The van der Waals surface area contributed by atoms with E-state index in [-0.39, 0.29) is 23.6 Å². The Kier molecular flexibility index (Phi) is 5.41. The first-order valence-corrected chi connectivity index (χ1v) is 6.48. The predicted molar refractivity (Wildman–Crippen MR) is 67.3 cm³/mol. The molecule has 0 aromatic rings. The van der Waals surface area contributed by atoms with Gasteiger partial charge in [0.05, 0.1) is 5.38 Å². The van der Waals surface area contributed by atoms with Crippen LogP contribution in [0.1, 0.15) is 12.8 Å². The summed E-state index contributed by atoms with van der Waals surface area (Å²) in [6, 6.07) is 0. The molecule has 0 fully saturated rings. The maximum atomic E-state index is 12.0. The summed E-state index contributed by atoms with van der Waals surface area (Å²) in [5, 5.41) is -0.817. The van der Waals surface area contributed by atoms with Crippen molar-refractivity contribution in [2.75, 3.05) is 0 Å². The normalized spacial score (nSPS) is 22.0. The van der Waals surface area contributed by atoms with Gasteiger partial charge in [-0.15, -0.1) is 24.8 Å². The van der Waals surface area contributed by atoms with Crippen LogP contribution in [0.4, 0.5) is 13.2 Å². The van der Waals surface area contributed by atoms with Crippen molar-refractivity contribution in [3.63, 3.8) is 0 Å². The number of alkyl halides is 7. The van der Waals surface area contributed by atoms with E-state index in [1.165, 1.54) is 0 Å². The van der Waals surface area contributed by atoms with Gasteiger partial charge in [0.15, 0.2) is 3.79 Å². The van der Waals surface area contributed by atoms with Crippen LogP contribution in [0.2, 0.25) is 0 Å². The molecule has 1 atom stereocenters. The van der Waals surface area contributed by atoms with Gasteiger partial charge in [0.25, 0.3) is 0 Å². The van der Waals surface area contributed by atoms with Gasteiger partial charge in [-0.1, -0.05) is 46.4 Å². The van der Waals surface area contributed by atoms with E-state index in [4.69, 9.17) is 58.0 Å². The van der Waals surface area contributed by atoms with Crippen LogP contribution >= 0.6 is 58.0 Å². The molecule has 104 valence electrons. The van der Waals surface area contributed by atoms with Crippen molar-refractivity contribution in [3.05, 3.63) is 22.4 Å². The van der Waals surface area contributed by atoms with Crippen LogP contribution in [-0.2, 0) is 4.74 Å². The number of rotatable bonds is 2. The molecule has 0 heterocycles. The lowest BCUT2D eigenvalue weighted by atomic mass is 10.0. The summed E-state index contributed by atoms with van der Waals surface area (Å²) >= 11 is 28.5. The van der Waals surface area contributed by atoms with Crippen molar-refractivity contribution in [2.45, 2.75) is 28.4 Å². The summed E-state index contributed by atoms with van der Waals surface area (Å²) in [6.45, 7) is 0. The molecule has 0 aromatic carbocycles. The Hall–Kier alpha value is 0.520. The van der Waals surface area contributed by atoms with E-state index in [0.717, 1.165) is 6.08 Å². The number of halogens is 8. The van der Waals surface area contributed by atoms with E-state index in [1.54, 1.807) is 0 Å². The second-order valence-corrected chi connectivity index (χ2v) is 6.95. The number of ether oxygens (including phenoxy) is 1. The van der Waals surface area contributed by atoms with Gasteiger partial charge in [0.2, 0.25) is 0 Å². The van der Waals surface area contributed by atoms with E-state index >= 15 is 0 Å². The largest absolute Gasteiger partial charge is 0.572 e. The predicted octanol–water partition coefficient (Wildman–Crippen LogP) is 5.67. The van der Waals surface area contributed by atoms with E-state index in [0.29, 0.717) is 5.57 Å². The Morgan fingerprint density at radius 1 is 1.28 bits per heavy atom. The zero-order valence-electron chi connectivity index (χ0n) is 8.50. The molecule has 0 spiro atoms. The molecule has 0 aliphatic heterocycles. The zero-order valence-corrected chi connectivity index (χ0v) is 12.3. The minimum absolute atomic E-state index is 0.00757. The molecule has 0 radical (unpaired) electrons.